The predicted octanol–water partition coefficient (Wildman–Crippen LogP) is 6.48. The van der Waals surface area contributed by atoms with Crippen LogP contribution in [0.2, 0.25) is 5.02 Å². The molecule has 0 amide bonds. The third-order valence-electron chi connectivity index (χ3n) is 6.47. The van der Waals surface area contributed by atoms with Crippen LogP contribution in [-0.4, -0.2) is 25.3 Å². The Kier molecular flexibility index (Phi) is 7.91. The van der Waals surface area contributed by atoms with E-state index in [2.05, 4.69) is 20.8 Å². The van der Waals surface area contributed by atoms with Crippen LogP contribution in [0.5, 0.6) is 0 Å². The predicted molar refractivity (Wildman–Crippen MR) is 131 cm³/mol. The molecule has 0 unspecified atom stereocenters. The molecule has 0 radical (unpaired) electrons. The van der Waals surface area contributed by atoms with Gasteiger partial charge in [0, 0.05) is 30.1 Å². The molecule has 5 atom stereocenters. The fraction of sp³-hybridized carbons (Fsp3) is 0.520. The molecule has 170 valence electrons. The van der Waals surface area contributed by atoms with Crippen LogP contribution >= 0.6 is 19.0 Å². The van der Waals surface area contributed by atoms with Crippen LogP contribution in [0.1, 0.15) is 51.4 Å². The van der Waals surface area contributed by atoms with Gasteiger partial charge in [0.25, 0.3) is 7.37 Å². The second-order valence-electron chi connectivity index (χ2n) is 9.40. The van der Waals surface area contributed by atoms with Gasteiger partial charge in [0.2, 0.25) is 0 Å². The number of rotatable bonds is 7. The Morgan fingerprint density at radius 2 is 1.68 bits per heavy atom. The lowest BCUT2D eigenvalue weighted by Gasteiger charge is -2.40. The third kappa shape index (κ3) is 5.54. The monoisotopic (exact) mass is 463 g/mol. The van der Waals surface area contributed by atoms with Crippen LogP contribution in [0.3, 0.4) is 0 Å². The van der Waals surface area contributed by atoms with Gasteiger partial charge in [-0.3, -0.25) is 4.57 Å². The van der Waals surface area contributed by atoms with Crippen molar-refractivity contribution < 1.29 is 14.2 Å². The highest BCUT2D eigenvalue weighted by atomic mass is 35.5. The largest absolute Gasteiger partial charge is 0.378 e. The molecular formula is C25H35ClNO3P. The summed E-state index contributed by atoms with van der Waals surface area (Å²) >= 11 is 6.03. The Balaban J connectivity index is 2.02. The van der Waals surface area contributed by atoms with E-state index in [4.69, 9.17) is 16.1 Å². The summed E-state index contributed by atoms with van der Waals surface area (Å²) in [6, 6.07) is 14.4. The fourth-order valence-electron chi connectivity index (χ4n) is 4.49. The zero-order valence-electron chi connectivity index (χ0n) is 19.2. The molecule has 1 aliphatic rings. The minimum Gasteiger partial charge on any atom is -0.378 e. The second kappa shape index (κ2) is 10.1. The molecule has 0 heterocycles. The van der Waals surface area contributed by atoms with E-state index in [1.807, 2.05) is 43.3 Å². The molecule has 1 N–H and O–H groups in total. The first-order valence-electron chi connectivity index (χ1n) is 11.1. The van der Waals surface area contributed by atoms with Gasteiger partial charge in [-0.2, -0.15) is 0 Å². The number of hydrogen-bond acceptors (Lipinski definition) is 4. The van der Waals surface area contributed by atoms with Gasteiger partial charge in [0.1, 0.15) is 0 Å². The molecular weight excluding hydrogens is 429 g/mol. The van der Waals surface area contributed by atoms with E-state index in [1.165, 1.54) is 0 Å². The average Bonchev–Trinajstić information content (AvgIpc) is 2.73. The molecule has 1 fully saturated rings. The SMILES string of the molecule is CC(C)[C@H]1CC[C@@H](C)C[C@H]1O[P@@](=O)(c1ccc(N(C)C)cc1)[C@H](O)c1ccc(Cl)cc1. The summed E-state index contributed by atoms with van der Waals surface area (Å²) in [6.45, 7) is 6.62. The molecule has 0 aromatic heterocycles. The van der Waals surface area contributed by atoms with Gasteiger partial charge in [-0.05, 0) is 72.6 Å². The average molecular weight is 464 g/mol. The molecule has 0 bridgehead atoms. The van der Waals surface area contributed by atoms with Crippen LogP contribution in [0.4, 0.5) is 5.69 Å². The van der Waals surface area contributed by atoms with E-state index >= 15 is 0 Å². The quantitative estimate of drug-likeness (QED) is 0.477. The van der Waals surface area contributed by atoms with E-state index in [9.17, 15) is 9.67 Å². The van der Waals surface area contributed by atoms with Crippen LogP contribution in [0, 0.1) is 17.8 Å². The molecule has 0 aliphatic heterocycles. The van der Waals surface area contributed by atoms with E-state index in [0.29, 0.717) is 33.6 Å². The Labute approximate surface area is 192 Å². The summed E-state index contributed by atoms with van der Waals surface area (Å²) in [5.41, 5.74) is 1.55. The second-order valence-corrected chi connectivity index (χ2v) is 12.2. The molecule has 2 aromatic rings. The lowest BCUT2D eigenvalue weighted by Crippen LogP contribution is -2.35. The minimum absolute atomic E-state index is 0.148. The van der Waals surface area contributed by atoms with Crippen molar-refractivity contribution in [3.05, 3.63) is 59.1 Å². The highest BCUT2D eigenvalue weighted by molar-refractivity contribution is 7.67. The number of aliphatic hydroxyl groups excluding tert-OH is 1. The molecule has 0 spiro atoms. The minimum atomic E-state index is -3.63. The number of halogens is 1. The van der Waals surface area contributed by atoms with Gasteiger partial charge in [-0.1, -0.05) is 50.9 Å². The summed E-state index contributed by atoms with van der Waals surface area (Å²) < 4.78 is 21.0. The van der Waals surface area contributed by atoms with Crippen molar-refractivity contribution in [3.8, 4) is 0 Å². The van der Waals surface area contributed by atoms with Gasteiger partial charge in [-0.25, -0.2) is 0 Å². The summed E-state index contributed by atoms with van der Waals surface area (Å²) in [6.07, 6.45) is 2.92. The maximum absolute atomic E-state index is 14.5. The van der Waals surface area contributed by atoms with Gasteiger partial charge >= 0.3 is 0 Å². The summed E-state index contributed by atoms with van der Waals surface area (Å²) in [5.74, 6) is 0.00925. The molecule has 0 saturated heterocycles. The van der Waals surface area contributed by atoms with Gasteiger partial charge in [0.05, 0.1) is 6.10 Å². The van der Waals surface area contributed by atoms with Gasteiger partial charge in [-0.15, -0.1) is 0 Å². The number of benzene rings is 2. The van der Waals surface area contributed by atoms with Gasteiger partial charge < -0.3 is 14.5 Å². The van der Waals surface area contributed by atoms with Crippen molar-refractivity contribution in [2.24, 2.45) is 17.8 Å². The molecule has 31 heavy (non-hydrogen) atoms. The number of hydrogen-bond donors (Lipinski definition) is 1. The molecule has 3 rings (SSSR count). The van der Waals surface area contributed by atoms with Crippen LogP contribution in [0.25, 0.3) is 0 Å². The van der Waals surface area contributed by atoms with E-state index in [-0.39, 0.29) is 6.10 Å². The highest BCUT2D eigenvalue weighted by Gasteiger charge is 2.42. The van der Waals surface area contributed by atoms with Crippen molar-refractivity contribution in [2.45, 2.75) is 52.0 Å². The summed E-state index contributed by atoms with van der Waals surface area (Å²) in [5, 5.41) is 12.5. The van der Waals surface area contributed by atoms with Gasteiger partial charge in [0.15, 0.2) is 5.85 Å². The Morgan fingerprint density at radius 1 is 1.06 bits per heavy atom. The van der Waals surface area contributed by atoms with Crippen molar-refractivity contribution >= 4 is 30.0 Å². The number of aliphatic hydroxyl groups is 1. The first kappa shape index (κ1) is 24.3. The molecule has 4 nitrogen and oxygen atoms in total. The highest BCUT2D eigenvalue weighted by Crippen LogP contribution is 2.60. The van der Waals surface area contributed by atoms with Crippen molar-refractivity contribution in [1.29, 1.82) is 0 Å². The van der Waals surface area contributed by atoms with E-state index in [1.54, 1.807) is 24.3 Å². The number of nitrogens with zero attached hydrogens (tertiary/aromatic N) is 1. The lowest BCUT2D eigenvalue weighted by molar-refractivity contribution is 0.0427. The van der Waals surface area contributed by atoms with Crippen LogP contribution < -0.4 is 10.2 Å². The van der Waals surface area contributed by atoms with Crippen LogP contribution in [0.15, 0.2) is 48.5 Å². The van der Waals surface area contributed by atoms with Crippen molar-refractivity contribution in [3.63, 3.8) is 0 Å². The lowest BCUT2D eigenvalue weighted by atomic mass is 9.75. The Morgan fingerprint density at radius 3 is 2.23 bits per heavy atom. The fourth-order valence-corrected chi connectivity index (χ4v) is 6.91. The zero-order valence-corrected chi connectivity index (χ0v) is 20.8. The standard InChI is InChI=1S/C25H35ClNO3P/c1-17(2)23-15-6-18(3)16-24(23)30-31(29,22-13-11-21(12-14-22)27(4)5)25(28)19-7-9-20(26)10-8-19/h7-14,17-18,23-25,28H,6,15-16H2,1-5H3/t18-,23-,24-,25+,31+/m1/s1. The topological polar surface area (TPSA) is 49.8 Å². The van der Waals surface area contributed by atoms with E-state index < -0.39 is 13.2 Å². The maximum atomic E-state index is 14.5. The van der Waals surface area contributed by atoms with Crippen molar-refractivity contribution in [2.75, 3.05) is 19.0 Å². The number of anilines is 1. The smallest absolute Gasteiger partial charge is 0.264 e. The first-order valence-corrected chi connectivity index (χ1v) is 13.2. The van der Waals surface area contributed by atoms with E-state index in [0.717, 1.165) is 24.9 Å². The third-order valence-corrected chi connectivity index (χ3v) is 9.27. The summed E-state index contributed by atoms with van der Waals surface area (Å²) in [4.78, 5) is 1.99. The zero-order chi connectivity index (χ0) is 22.8. The molecule has 1 saturated carbocycles. The Bertz CT molecular complexity index is 898. The summed E-state index contributed by atoms with van der Waals surface area (Å²) in [7, 11) is 0.297. The normalized spacial score (nSPS) is 24.6. The molecule has 2 aromatic carbocycles. The maximum Gasteiger partial charge on any atom is 0.264 e. The molecule has 1 aliphatic carbocycles. The molecule has 6 heteroatoms. The Hall–Kier alpha value is -1.32. The van der Waals surface area contributed by atoms with Crippen LogP contribution in [-0.2, 0) is 9.09 Å². The first-order chi connectivity index (χ1) is 14.6. The van der Waals surface area contributed by atoms with Crippen molar-refractivity contribution in [1.82, 2.24) is 0 Å².